The van der Waals surface area contributed by atoms with Crippen LogP contribution in [0, 0.1) is 11.8 Å². The first-order valence-electron chi connectivity index (χ1n) is 10.8. The Morgan fingerprint density at radius 3 is 2.71 bits per heavy atom. The number of carbonyl (C=O) groups is 1. The highest BCUT2D eigenvalue weighted by atomic mass is 16.4. The van der Waals surface area contributed by atoms with E-state index in [1.165, 1.54) is 5.69 Å². The second kappa shape index (κ2) is 9.85. The molecule has 28 heavy (non-hydrogen) atoms. The Hall–Kier alpha value is -1.44. The largest absolute Gasteiger partial charge is 0.481 e. The van der Waals surface area contributed by atoms with Gasteiger partial charge in [0, 0.05) is 64.0 Å². The number of likely N-dealkylation sites (tertiary alicyclic amines) is 1. The molecule has 7 heteroatoms. The van der Waals surface area contributed by atoms with E-state index in [1.807, 2.05) is 0 Å². The molecule has 1 aromatic rings. The Morgan fingerprint density at radius 1 is 1.29 bits per heavy atom. The average molecular weight is 392 g/mol. The van der Waals surface area contributed by atoms with Gasteiger partial charge in [-0.1, -0.05) is 13.8 Å². The standard InChI is InChI=1S/C21H37N5O2/c1-16(2)12-18-13-19(23-22-18)15-25-7-6-20(17(14-25)4-5-21(27)28)26-10-8-24(3)9-11-26/h13,16-17,20H,4-12,14-15H2,1-3H3,(H,22,23)(H,27,28)/t17-,20+/m0/s1. The lowest BCUT2D eigenvalue weighted by atomic mass is 9.86. The summed E-state index contributed by atoms with van der Waals surface area (Å²) in [6.45, 7) is 11.8. The number of hydrogen-bond acceptors (Lipinski definition) is 5. The molecule has 0 radical (unpaired) electrons. The molecular formula is C21H37N5O2. The topological polar surface area (TPSA) is 75.7 Å². The van der Waals surface area contributed by atoms with Crippen LogP contribution in [0.3, 0.4) is 0 Å². The van der Waals surface area contributed by atoms with E-state index in [9.17, 15) is 9.90 Å². The summed E-state index contributed by atoms with van der Waals surface area (Å²) in [7, 11) is 2.18. The van der Waals surface area contributed by atoms with Crippen LogP contribution in [-0.4, -0.2) is 88.3 Å². The second-order valence-corrected chi connectivity index (χ2v) is 9.11. The normalized spacial score (nSPS) is 25.4. The van der Waals surface area contributed by atoms with E-state index in [0.29, 0.717) is 17.9 Å². The Bertz CT molecular complexity index is 624. The first kappa shape index (κ1) is 21.3. The molecule has 158 valence electrons. The molecule has 0 aliphatic carbocycles. The van der Waals surface area contributed by atoms with Gasteiger partial charge in [-0.3, -0.25) is 19.7 Å². The molecule has 0 aromatic carbocycles. The minimum absolute atomic E-state index is 0.269. The lowest BCUT2D eigenvalue weighted by molar-refractivity contribution is -0.137. The smallest absolute Gasteiger partial charge is 0.303 e. The summed E-state index contributed by atoms with van der Waals surface area (Å²) < 4.78 is 0. The third-order valence-corrected chi connectivity index (χ3v) is 6.21. The van der Waals surface area contributed by atoms with Gasteiger partial charge in [-0.15, -0.1) is 0 Å². The Balaban J connectivity index is 1.59. The van der Waals surface area contributed by atoms with Gasteiger partial charge in [0.2, 0.25) is 0 Å². The van der Waals surface area contributed by atoms with Crippen LogP contribution in [0.15, 0.2) is 6.07 Å². The lowest BCUT2D eigenvalue weighted by Gasteiger charge is -2.46. The van der Waals surface area contributed by atoms with Crippen molar-refractivity contribution in [3.8, 4) is 0 Å². The van der Waals surface area contributed by atoms with Gasteiger partial charge in [0.1, 0.15) is 0 Å². The number of aromatic amines is 1. The van der Waals surface area contributed by atoms with Gasteiger partial charge < -0.3 is 10.0 Å². The van der Waals surface area contributed by atoms with Crippen LogP contribution in [0.4, 0.5) is 0 Å². The summed E-state index contributed by atoms with van der Waals surface area (Å²) in [6, 6.07) is 2.71. The molecule has 2 fully saturated rings. The highest BCUT2D eigenvalue weighted by molar-refractivity contribution is 5.66. The summed E-state index contributed by atoms with van der Waals surface area (Å²) in [6.07, 6.45) is 3.17. The molecule has 0 spiro atoms. The number of aromatic nitrogens is 2. The van der Waals surface area contributed by atoms with E-state index < -0.39 is 5.97 Å². The molecule has 3 rings (SSSR count). The van der Waals surface area contributed by atoms with E-state index in [0.717, 1.165) is 70.8 Å². The maximum Gasteiger partial charge on any atom is 0.303 e. The number of aliphatic carboxylic acids is 1. The third kappa shape index (κ3) is 6.03. The highest BCUT2D eigenvalue weighted by Gasteiger charge is 2.34. The molecule has 0 bridgehead atoms. The minimum atomic E-state index is -0.679. The highest BCUT2D eigenvalue weighted by Crippen LogP contribution is 2.28. The zero-order chi connectivity index (χ0) is 20.1. The molecule has 2 aliphatic rings. The summed E-state index contributed by atoms with van der Waals surface area (Å²) in [5.74, 6) is 0.350. The zero-order valence-corrected chi connectivity index (χ0v) is 17.7. The van der Waals surface area contributed by atoms with E-state index in [1.54, 1.807) is 0 Å². The quantitative estimate of drug-likeness (QED) is 0.705. The van der Waals surface area contributed by atoms with E-state index >= 15 is 0 Å². The van der Waals surface area contributed by atoms with Gasteiger partial charge in [-0.2, -0.15) is 5.10 Å². The molecule has 2 saturated heterocycles. The summed E-state index contributed by atoms with van der Waals surface area (Å²) >= 11 is 0. The first-order valence-corrected chi connectivity index (χ1v) is 10.8. The third-order valence-electron chi connectivity index (χ3n) is 6.21. The molecule has 2 aliphatic heterocycles. The van der Waals surface area contributed by atoms with Crippen molar-refractivity contribution in [2.45, 2.75) is 52.1 Å². The number of nitrogens with zero attached hydrogens (tertiary/aromatic N) is 4. The number of carboxylic acid groups (broad SMARTS) is 1. The van der Waals surface area contributed by atoms with Crippen molar-refractivity contribution in [3.05, 3.63) is 17.5 Å². The molecule has 0 saturated carbocycles. The lowest BCUT2D eigenvalue weighted by Crippen LogP contribution is -2.56. The molecule has 2 atom stereocenters. The summed E-state index contributed by atoms with van der Waals surface area (Å²) in [4.78, 5) is 18.7. The average Bonchev–Trinajstić information content (AvgIpc) is 3.07. The van der Waals surface area contributed by atoms with Gasteiger partial charge >= 0.3 is 5.97 Å². The van der Waals surface area contributed by atoms with Crippen LogP contribution in [0.25, 0.3) is 0 Å². The fraction of sp³-hybridized carbons (Fsp3) is 0.810. The van der Waals surface area contributed by atoms with Crippen LogP contribution in [0.1, 0.15) is 44.5 Å². The van der Waals surface area contributed by atoms with Crippen molar-refractivity contribution in [3.63, 3.8) is 0 Å². The maximum absolute atomic E-state index is 11.2. The fourth-order valence-corrected chi connectivity index (χ4v) is 4.72. The maximum atomic E-state index is 11.2. The molecular weight excluding hydrogens is 354 g/mol. The number of hydrogen-bond donors (Lipinski definition) is 2. The Morgan fingerprint density at radius 2 is 2.04 bits per heavy atom. The molecule has 7 nitrogen and oxygen atoms in total. The van der Waals surface area contributed by atoms with Crippen LogP contribution >= 0.6 is 0 Å². The summed E-state index contributed by atoms with van der Waals surface area (Å²) in [5.41, 5.74) is 2.31. The number of rotatable bonds is 8. The van der Waals surface area contributed by atoms with Crippen LogP contribution in [0.2, 0.25) is 0 Å². The van der Waals surface area contributed by atoms with Crippen LogP contribution in [-0.2, 0) is 17.8 Å². The molecule has 0 amide bonds. The molecule has 2 N–H and O–H groups in total. The number of piperidine rings is 1. The number of H-pyrrole nitrogens is 1. The van der Waals surface area contributed by atoms with Gasteiger partial charge in [-0.25, -0.2) is 0 Å². The second-order valence-electron chi connectivity index (χ2n) is 9.11. The molecule has 3 heterocycles. The van der Waals surface area contributed by atoms with Crippen LogP contribution < -0.4 is 0 Å². The van der Waals surface area contributed by atoms with Gasteiger partial charge in [0.25, 0.3) is 0 Å². The first-order chi connectivity index (χ1) is 13.4. The fourth-order valence-electron chi connectivity index (χ4n) is 4.72. The number of nitrogens with one attached hydrogen (secondary N) is 1. The SMILES string of the molecule is CC(C)Cc1cc(CN2CC[C@@H](N3CCN(C)CC3)[C@@H](CCC(=O)O)C2)[nH]n1. The Labute approximate surface area is 169 Å². The van der Waals surface area contributed by atoms with Gasteiger partial charge in [-0.05, 0) is 44.2 Å². The van der Waals surface area contributed by atoms with Crippen molar-refractivity contribution in [1.29, 1.82) is 0 Å². The predicted molar refractivity (Wildman–Crippen MR) is 110 cm³/mol. The number of piperazine rings is 1. The number of carboxylic acids is 1. The van der Waals surface area contributed by atoms with E-state index in [4.69, 9.17) is 0 Å². The van der Waals surface area contributed by atoms with Gasteiger partial charge in [0.15, 0.2) is 0 Å². The van der Waals surface area contributed by atoms with E-state index in [2.05, 4.69) is 51.9 Å². The molecule has 1 aromatic heterocycles. The van der Waals surface area contributed by atoms with Gasteiger partial charge in [0.05, 0.1) is 5.69 Å². The zero-order valence-electron chi connectivity index (χ0n) is 17.7. The molecule has 0 unspecified atom stereocenters. The van der Waals surface area contributed by atoms with Crippen molar-refractivity contribution >= 4 is 5.97 Å². The number of likely N-dealkylation sites (N-methyl/N-ethyl adjacent to an activating group) is 1. The Kier molecular flexibility index (Phi) is 7.48. The van der Waals surface area contributed by atoms with Crippen molar-refractivity contribution in [2.24, 2.45) is 11.8 Å². The minimum Gasteiger partial charge on any atom is -0.481 e. The van der Waals surface area contributed by atoms with Crippen molar-refractivity contribution in [1.82, 2.24) is 24.9 Å². The van der Waals surface area contributed by atoms with Crippen molar-refractivity contribution < 1.29 is 9.90 Å². The van der Waals surface area contributed by atoms with E-state index in [-0.39, 0.29) is 6.42 Å². The summed E-state index contributed by atoms with van der Waals surface area (Å²) in [5, 5.41) is 16.9. The predicted octanol–water partition coefficient (Wildman–Crippen LogP) is 1.91. The van der Waals surface area contributed by atoms with Crippen molar-refractivity contribution in [2.75, 3.05) is 46.3 Å². The van der Waals surface area contributed by atoms with Crippen LogP contribution in [0.5, 0.6) is 0 Å². The monoisotopic (exact) mass is 391 g/mol.